The summed E-state index contributed by atoms with van der Waals surface area (Å²) in [6, 6.07) is 2.10. The van der Waals surface area contributed by atoms with Crippen LogP contribution in [0.4, 0.5) is 0 Å². The van der Waals surface area contributed by atoms with Gasteiger partial charge in [0.1, 0.15) is 6.54 Å². The van der Waals surface area contributed by atoms with E-state index >= 15 is 0 Å². The fraction of sp³-hybridized carbons (Fsp3) is 0.538. The van der Waals surface area contributed by atoms with Crippen LogP contribution in [0, 0.1) is 0 Å². The van der Waals surface area contributed by atoms with E-state index in [1.54, 1.807) is 11.3 Å². The zero-order chi connectivity index (χ0) is 13.4. The number of hydrogen-bond acceptors (Lipinski definition) is 4. The molecule has 4 nitrogen and oxygen atoms in total. The minimum Gasteiger partial charge on any atom is -0.480 e. The molecule has 2 aliphatic rings. The Morgan fingerprint density at radius 3 is 2.84 bits per heavy atom. The quantitative estimate of drug-likeness (QED) is 0.926. The molecule has 0 spiro atoms. The third kappa shape index (κ3) is 2.79. The van der Waals surface area contributed by atoms with Gasteiger partial charge < -0.3 is 10.0 Å². The van der Waals surface area contributed by atoms with Crippen LogP contribution in [0.5, 0.6) is 0 Å². The van der Waals surface area contributed by atoms with Crippen LogP contribution < -0.4 is 0 Å². The number of thiophene rings is 1. The normalized spacial score (nSPS) is 17.9. The van der Waals surface area contributed by atoms with Crippen molar-refractivity contribution in [1.29, 1.82) is 0 Å². The van der Waals surface area contributed by atoms with Gasteiger partial charge in [0.15, 0.2) is 0 Å². The van der Waals surface area contributed by atoms with Crippen molar-refractivity contribution in [3.63, 3.8) is 0 Å². The van der Waals surface area contributed by atoms with Crippen LogP contribution in [0.25, 0.3) is 0 Å². The number of fused-ring (bicyclic) bond motifs is 1. The average molecular weight is 297 g/mol. The molecule has 6 heteroatoms. The first-order valence-electron chi connectivity index (χ1n) is 6.37. The number of carboxylic acids is 1. The molecule has 19 heavy (non-hydrogen) atoms. The van der Waals surface area contributed by atoms with E-state index in [0.717, 1.165) is 30.8 Å². The lowest BCUT2D eigenvalue weighted by atomic mass is 10.2. The molecule has 0 bridgehead atoms. The number of aliphatic carboxylic acids is 1. The highest BCUT2D eigenvalue weighted by atomic mass is 32.2. The molecule has 3 rings (SSSR count). The van der Waals surface area contributed by atoms with E-state index in [0.29, 0.717) is 4.88 Å². The molecule has 0 radical (unpaired) electrons. The molecule has 0 atom stereocenters. The molecular formula is C13H15NO3S2. The van der Waals surface area contributed by atoms with Crippen LogP contribution in [0.3, 0.4) is 0 Å². The van der Waals surface area contributed by atoms with Gasteiger partial charge in [-0.05, 0) is 36.6 Å². The fourth-order valence-electron chi connectivity index (χ4n) is 2.29. The van der Waals surface area contributed by atoms with Gasteiger partial charge in [-0.1, -0.05) is 0 Å². The average Bonchev–Trinajstić information content (AvgIpc) is 3.13. The predicted molar refractivity (Wildman–Crippen MR) is 75.9 cm³/mol. The maximum absolute atomic E-state index is 12.4. The highest BCUT2D eigenvalue weighted by Crippen LogP contribution is 2.34. The molecule has 1 fully saturated rings. The number of carbonyl (C=O) groups excluding carboxylic acids is 1. The number of carboxylic acid groups (broad SMARTS) is 1. The monoisotopic (exact) mass is 297 g/mol. The SMILES string of the molecule is O=C(O)CN(C(=O)c1cc2c(s1)CCSC2)C1CC1. The molecule has 0 saturated heterocycles. The zero-order valence-corrected chi connectivity index (χ0v) is 12.1. The summed E-state index contributed by atoms with van der Waals surface area (Å²) in [4.78, 5) is 26.9. The first kappa shape index (κ1) is 13.0. The molecule has 1 amide bonds. The van der Waals surface area contributed by atoms with Crippen LogP contribution in [-0.2, 0) is 17.0 Å². The van der Waals surface area contributed by atoms with E-state index in [9.17, 15) is 9.59 Å². The minimum absolute atomic E-state index is 0.102. The second kappa shape index (κ2) is 5.17. The lowest BCUT2D eigenvalue weighted by Gasteiger charge is -2.19. The van der Waals surface area contributed by atoms with Crippen molar-refractivity contribution in [3.8, 4) is 0 Å². The maximum atomic E-state index is 12.4. The van der Waals surface area contributed by atoms with Gasteiger partial charge in [-0.2, -0.15) is 11.8 Å². The molecule has 0 unspecified atom stereocenters. The summed E-state index contributed by atoms with van der Waals surface area (Å²) in [6.07, 6.45) is 2.89. The van der Waals surface area contributed by atoms with E-state index in [1.807, 2.05) is 17.8 Å². The van der Waals surface area contributed by atoms with Gasteiger partial charge in [0.25, 0.3) is 5.91 Å². The molecule has 102 valence electrons. The summed E-state index contributed by atoms with van der Waals surface area (Å²) in [5.41, 5.74) is 1.26. The van der Waals surface area contributed by atoms with E-state index in [-0.39, 0.29) is 18.5 Å². The van der Waals surface area contributed by atoms with Gasteiger partial charge in [-0.3, -0.25) is 9.59 Å². The first-order valence-corrected chi connectivity index (χ1v) is 8.34. The summed E-state index contributed by atoms with van der Waals surface area (Å²) >= 11 is 3.43. The smallest absolute Gasteiger partial charge is 0.323 e. The lowest BCUT2D eigenvalue weighted by molar-refractivity contribution is -0.137. The van der Waals surface area contributed by atoms with Gasteiger partial charge in [0, 0.05) is 16.7 Å². The molecule has 1 N–H and O–H groups in total. The Labute approximate surface area is 119 Å². The van der Waals surface area contributed by atoms with E-state index in [4.69, 9.17) is 5.11 Å². The Kier molecular flexibility index (Phi) is 3.54. The van der Waals surface area contributed by atoms with Crippen LogP contribution in [0.2, 0.25) is 0 Å². The van der Waals surface area contributed by atoms with Gasteiger partial charge in [0.05, 0.1) is 4.88 Å². The zero-order valence-electron chi connectivity index (χ0n) is 10.4. The number of nitrogens with zero attached hydrogens (tertiary/aromatic N) is 1. The number of amides is 1. The van der Waals surface area contributed by atoms with Gasteiger partial charge >= 0.3 is 5.97 Å². The molecular weight excluding hydrogens is 282 g/mol. The summed E-state index contributed by atoms with van der Waals surface area (Å²) in [5, 5.41) is 8.92. The van der Waals surface area contributed by atoms with E-state index in [1.165, 1.54) is 15.3 Å². The highest BCUT2D eigenvalue weighted by Gasteiger charge is 2.35. The van der Waals surface area contributed by atoms with Gasteiger partial charge in [-0.25, -0.2) is 0 Å². The molecule has 0 aromatic carbocycles. The molecule has 1 saturated carbocycles. The van der Waals surface area contributed by atoms with Crippen LogP contribution in [-0.4, -0.2) is 40.2 Å². The fourth-order valence-corrected chi connectivity index (χ4v) is 4.62. The van der Waals surface area contributed by atoms with Crippen molar-refractivity contribution in [2.45, 2.75) is 31.1 Å². The molecule has 2 heterocycles. The number of thioether (sulfide) groups is 1. The maximum Gasteiger partial charge on any atom is 0.323 e. The summed E-state index contributed by atoms with van der Waals surface area (Å²) in [5.74, 6) is 1.05. The van der Waals surface area contributed by atoms with Crippen molar-refractivity contribution in [3.05, 3.63) is 21.4 Å². The largest absolute Gasteiger partial charge is 0.480 e. The Morgan fingerprint density at radius 2 is 2.21 bits per heavy atom. The van der Waals surface area contributed by atoms with Gasteiger partial charge in [0.2, 0.25) is 0 Å². The van der Waals surface area contributed by atoms with Crippen LogP contribution >= 0.6 is 23.1 Å². The van der Waals surface area contributed by atoms with Crippen LogP contribution in [0.1, 0.15) is 33.0 Å². The Balaban J connectivity index is 1.81. The van der Waals surface area contributed by atoms with Crippen molar-refractivity contribution >= 4 is 35.0 Å². The molecule has 1 aromatic rings. The predicted octanol–water partition coefficient (Wildman–Crippen LogP) is 2.23. The van der Waals surface area contributed by atoms with E-state index < -0.39 is 5.97 Å². The number of carbonyl (C=O) groups is 2. The third-order valence-corrected chi connectivity index (χ3v) is 5.63. The number of rotatable bonds is 4. The van der Waals surface area contributed by atoms with Crippen molar-refractivity contribution in [1.82, 2.24) is 4.90 Å². The van der Waals surface area contributed by atoms with Crippen LogP contribution in [0.15, 0.2) is 6.07 Å². The number of hydrogen-bond donors (Lipinski definition) is 1. The third-order valence-electron chi connectivity index (χ3n) is 3.39. The van der Waals surface area contributed by atoms with Crippen molar-refractivity contribution in [2.24, 2.45) is 0 Å². The Hall–Kier alpha value is -1.01. The molecule has 1 aromatic heterocycles. The summed E-state index contributed by atoms with van der Waals surface area (Å²) in [6.45, 7) is -0.180. The van der Waals surface area contributed by atoms with Gasteiger partial charge in [-0.15, -0.1) is 11.3 Å². The molecule has 1 aliphatic carbocycles. The first-order chi connectivity index (χ1) is 9.15. The summed E-state index contributed by atoms with van der Waals surface area (Å²) < 4.78 is 0. The van der Waals surface area contributed by atoms with Crippen molar-refractivity contribution in [2.75, 3.05) is 12.3 Å². The lowest BCUT2D eigenvalue weighted by Crippen LogP contribution is -2.37. The second-order valence-corrected chi connectivity index (χ2v) is 7.16. The standard InChI is InChI=1S/C13H15NO3S2/c15-12(16)6-14(9-1-2-9)13(17)11-5-8-7-18-4-3-10(8)19-11/h5,9H,1-4,6-7H2,(H,15,16). The second-order valence-electron chi connectivity index (χ2n) is 4.92. The number of aryl methyl sites for hydroxylation is 1. The van der Waals surface area contributed by atoms with Crippen molar-refractivity contribution < 1.29 is 14.7 Å². The highest BCUT2D eigenvalue weighted by molar-refractivity contribution is 7.98. The topological polar surface area (TPSA) is 57.6 Å². The minimum atomic E-state index is -0.933. The summed E-state index contributed by atoms with van der Waals surface area (Å²) in [7, 11) is 0. The van der Waals surface area contributed by atoms with E-state index in [2.05, 4.69) is 0 Å². The Bertz CT molecular complexity index is 498. The molecule has 1 aliphatic heterocycles. The Morgan fingerprint density at radius 1 is 1.42 bits per heavy atom.